The molecule has 0 amide bonds. The van der Waals surface area contributed by atoms with Gasteiger partial charge >= 0.3 is 0 Å². The van der Waals surface area contributed by atoms with Gasteiger partial charge in [-0.15, -0.1) is 0 Å². The van der Waals surface area contributed by atoms with Crippen LogP contribution >= 0.6 is 0 Å². The highest BCUT2D eigenvalue weighted by molar-refractivity contribution is 7.89. The molecule has 118 valence electrons. The smallest absolute Gasteiger partial charge is 0.240 e. The average molecular weight is 312 g/mol. The molecule has 0 aliphatic heterocycles. The van der Waals surface area contributed by atoms with E-state index in [9.17, 15) is 13.5 Å². The molecule has 2 unspecified atom stereocenters. The van der Waals surface area contributed by atoms with E-state index in [1.807, 2.05) is 0 Å². The van der Waals surface area contributed by atoms with E-state index < -0.39 is 15.6 Å². The molecule has 0 spiro atoms. The van der Waals surface area contributed by atoms with Crippen molar-refractivity contribution in [3.8, 4) is 0 Å². The Kier molecular flexibility index (Phi) is 4.60. The molecular formula is C15H24N2O3S. The number of aryl methyl sites for hydroxylation is 1. The van der Waals surface area contributed by atoms with Crippen LogP contribution < -0.4 is 10.5 Å². The Balaban J connectivity index is 2.09. The van der Waals surface area contributed by atoms with Crippen LogP contribution in [0.2, 0.25) is 0 Å². The normalized spacial score (nSPS) is 26.7. The number of nitrogen functional groups attached to an aromatic ring is 1. The molecule has 2 rings (SSSR count). The first kappa shape index (κ1) is 16.3. The Morgan fingerprint density at radius 3 is 2.81 bits per heavy atom. The number of hydrogen-bond donors (Lipinski definition) is 3. The quantitative estimate of drug-likeness (QED) is 0.739. The van der Waals surface area contributed by atoms with Crippen molar-refractivity contribution in [3.05, 3.63) is 23.8 Å². The van der Waals surface area contributed by atoms with Crippen LogP contribution in [0.4, 0.5) is 5.69 Å². The molecule has 0 aromatic heterocycles. The molecule has 5 nitrogen and oxygen atoms in total. The second-order valence-corrected chi connectivity index (χ2v) is 8.04. The summed E-state index contributed by atoms with van der Waals surface area (Å²) in [5.41, 5.74) is 6.06. The van der Waals surface area contributed by atoms with Crippen molar-refractivity contribution < 1.29 is 13.5 Å². The van der Waals surface area contributed by atoms with Gasteiger partial charge in [0.1, 0.15) is 0 Å². The molecular weight excluding hydrogens is 288 g/mol. The van der Waals surface area contributed by atoms with Crippen molar-refractivity contribution >= 4 is 15.7 Å². The molecule has 1 fully saturated rings. The second-order valence-electron chi connectivity index (χ2n) is 6.27. The first-order valence-corrected chi connectivity index (χ1v) is 8.78. The molecule has 0 radical (unpaired) electrons. The van der Waals surface area contributed by atoms with Crippen LogP contribution in [0.1, 0.15) is 38.2 Å². The van der Waals surface area contributed by atoms with Crippen LogP contribution in [0.25, 0.3) is 0 Å². The van der Waals surface area contributed by atoms with E-state index in [-0.39, 0.29) is 11.4 Å². The highest BCUT2D eigenvalue weighted by Crippen LogP contribution is 2.32. The number of nitrogens with two attached hydrogens (primary N) is 1. The van der Waals surface area contributed by atoms with Crippen LogP contribution in [-0.2, 0) is 10.0 Å². The summed E-state index contributed by atoms with van der Waals surface area (Å²) in [6, 6.07) is 4.62. The van der Waals surface area contributed by atoms with Crippen LogP contribution in [-0.4, -0.2) is 25.7 Å². The van der Waals surface area contributed by atoms with Gasteiger partial charge in [-0.2, -0.15) is 0 Å². The van der Waals surface area contributed by atoms with E-state index in [1.54, 1.807) is 19.1 Å². The number of anilines is 1. The largest absolute Gasteiger partial charge is 0.399 e. The summed E-state index contributed by atoms with van der Waals surface area (Å²) in [6.07, 6.45) is 3.30. The molecule has 1 aliphatic carbocycles. The second kappa shape index (κ2) is 5.94. The minimum Gasteiger partial charge on any atom is -0.399 e. The summed E-state index contributed by atoms with van der Waals surface area (Å²) in [4.78, 5) is 0.182. The molecule has 2 atom stereocenters. The van der Waals surface area contributed by atoms with E-state index in [1.165, 1.54) is 6.07 Å². The fraction of sp³-hybridized carbons (Fsp3) is 0.600. The maximum Gasteiger partial charge on any atom is 0.240 e. The van der Waals surface area contributed by atoms with Crippen molar-refractivity contribution in [1.82, 2.24) is 4.72 Å². The third-order valence-corrected chi connectivity index (χ3v) is 5.61. The van der Waals surface area contributed by atoms with E-state index in [0.29, 0.717) is 24.4 Å². The minimum atomic E-state index is -3.62. The molecule has 1 aliphatic rings. The number of nitrogens with one attached hydrogen (secondary N) is 1. The zero-order valence-corrected chi connectivity index (χ0v) is 13.4. The molecule has 21 heavy (non-hydrogen) atoms. The van der Waals surface area contributed by atoms with Gasteiger partial charge < -0.3 is 10.8 Å². The van der Waals surface area contributed by atoms with E-state index in [4.69, 9.17) is 5.73 Å². The number of aliphatic hydroxyl groups is 1. The third kappa shape index (κ3) is 3.96. The SMILES string of the molecule is Cc1cc(S(=O)(=O)NCC2(O)CCCC(C)C2)ccc1N. The molecule has 0 bridgehead atoms. The van der Waals surface area contributed by atoms with E-state index in [2.05, 4.69) is 11.6 Å². The minimum absolute atomic E-state index is 0.0586. The van der Waals surface area contributed by atoms with Gasteiger partial charge in [0.05, 0.1) is 10.5 Å². The first-order chi connectivity index (χ1) is 9.72. The Bertz CT molecular complexity index is 615. The number of hydrogen-bond acceptors (Lipinski definition) is 4. The summed E-state index contributed by atoms with van der Waals surface area (Å²) >= 11 is 0. The Morgan fingerprint density at radius 2 is 2.19 bits per heavy atom. The molecule has 6 heteroatoms. The summed E-state index contributed by atoms with van der Waals surface area (Å²) < 4.78 is 27.1. The van der Waals surface area contributed by atoms with Crippen molar-refractivity contribution in [2.75, 3.05) is 12.3 Å². The fourth-order valence-electron chi connectivity index (χ4n) is 2.92. The molecule has 1 saturated carbocycles. The lowest BCUT2D eigenvalue weighted by molar-refractivity contribution is -0.00751. The van der Waals surface area contributed by atoms with Crippen LogP contribution in [0.3, 0.4) is 0 Å². The zero-order chi connectivity index (χ0) is 15.7. The Morgan fingerprint density at radius 1 is 1.48 bits per heavy atom. The maximum atomic E-state index is 12.3. The number of sulfonamides is 1. The number of benzene rings is 1. The van der Waals surface area contributed by atoms with Crippen molar-refractivity contribution in [2.45, 2.75) is 50.0 Å². The lowest BCUT2D eigenvalue weighted by atomic mass is 9.79. The van der Waals surface area contributed by atoms with Crippen molar-refractivity contribution in [3.63, 3.8) is 0 Å². The van der Waals surface area contributed by atoms with Crippen LogP contribution in [0.15, 0.2) is 23.1 Å². The van der Waals surface area contributed by atoms with E-state index >= 15 is 0 Å². The van der Waals surface area contributed by atoms with Gasteiger partial charge in [-0.1, -0.05) is 19.8 Å². The van der Waals surface area contributed by atoms with Gasteiger partial charge in [0.2, 0.25) is 10.0 Å². The average Bonchev–Trinajstić information content (AvgIpc) is 2.40. The highest BCUT2D eigenvalue weighted by atomic mass is 32.2. The standard InChI is InChI=1S/C15H24N2O3S/c1-11-4-3-7-15(18,9-11)10-17-21(19,20)13-5-6-14(16)12(2)8-13/h5-6,8,11,17-18H,3-4,7,9-10,16H2,1-2H3. The van der Waals surface area contributed by atoms with Crippen molar-refractivity contribution in [2.24, 2.45) is 5.92 Å². The van der Waals surface area contributed by atoms with Gasteiger partial charge in [0.15, 0.2) is 0 Å². The summed E-state index contributed by atoms with van der Waals surface area (Å²) in [7, 11) is -3.62. The Labute approximate surface area is 126 Å². The van der Waals surface area contributed by atoms with Gasteiger partial charge in [-0.05, 0) is 49.4 Å². The summed E-state index contributed by atoms with van der Waals surface area (Å²) in [5, 5.41) is 10.5. The zero-order valence-electron chi connectivity index (χ0n) is 12.6. The van der Waals surface area contributed by atoms with Crippen LogP contribution in [0.5, 0.6) is 0 Å². The predicted molar refractivity (Wildman–Crippen MR) is 83.4 cm³/mol. The van der Waals surface area contributed by atoms with Gasteiger partial charge in [-0.3, -0.25) is 0 Å². The van der Waals surface area contributed by atoms with Crippen molar-refractivity contribution in [1.29, 1.82) is 0 Å². The topological polar surface area (TPSA) is 92.4 Å². The first-order valence-electron chi connectivity index (χ1n) is 7.30. The van der Waals surface area contributed by atoms with E-state index in [0.717, 1.165) is 18.4 Å². The predicted octanol–water partition coefficient (Wildman–Crippen LogP) is 1.80. The van der Waals surface area contributed by atoms with Crippen LogP contribution in [0, 0.1) is 12.8 Å². The summed E-state index contributed by atoms with van der Waals surface area (Å²) in [6.45, 7) is 3.91. The monoisotopic (exact) mass is 312 g/mol. The lowest BCUT2D eigenvalue weighted by Crippen LogP contribution is -2.45. The maximum absolute atomic E-state index is 12.3. The van der Waals surface area contributed by atoms with Gasteiger partial charge in [-0.25, -0.2) is 13.1 Å². The number of rotatable bonds is 4. The van der Waals surface area contributed by atoms with Gasteiger partial charge in [0, 0.05) is 12.2 Å². The fourth-order valence-corrected chi connectivity index (χ4v) is 4.13. The molecule has 0 heterocycles. The summed E-state index contributed by atoms with van der Waals surface area (Å²) in [5.74, 6) is 0.423. The highest BCUT2D eigenvalue weighted by Gasteiger charge is 2.33. The lowest BCUT2D eigenvalue weighted by Gasteiger charge is -2.35. The Hall–Kier alpha value is -1.11. The molecule has 1 aromatic rings. The van der Waals surface area contributed by atoms with Gasteiger partial charge in [0.25, 0.3) is 0 Å². The third-order valence-electron chi connectivity index (χ3n) is 4.21. The molecule has 4 N–H and O–H groups in total. The molecule has 0 saturated heterocycles. The molecule has 1 aromatic carbocycles.